The zero-order valence-electron chi connectivity index (χ0n) is 17.4. The number of benzene rings is 1. The van der Waals surface area contributed by atoms with Crippen LogP contribution in [0.5, 0.6) is 5.75 Å². The summed E-state index contributed by atoms with van der Waals surface area (Å²) in [5, 5.41) is 14.2. The molecule has 0 saturated heterocycles. The van der Waals surface area contributed by atoms with E-state index in [9.17, 15) is 14.7 Å². The van der Waals surface area contributed by atoms with Crippen molar-refractivity contribution in [2.45, 2.75) is 12.8 Å². The zero-order valence-corrected chi connectivity index (χ0v) is 17.4. The maximum Gasteiger partial charge on any atom is 0.236 e. The van der Waals surface area contributed by atoms with E-state index in [0.717, 1.165) is 23.2 Å². The van der Waals surface area contributed by atoms with Gasteiger partial charge >= 0.3 is 0 Å². The van der Waals surface area contributed by atoms with Crippen molar-refractivity contribution in [1.82, 2.24) is 20.2 Å². The van der Waals surface area contributed by atoms with E-state index in [2.05, 4.69) is 15.3 Å². The average Bonchev–Trinajstić information content (AvgIpc) is 3.29. The maximum absolute atomic E-state index is 13.1. The molecule has 7 nitrogen and oxygen atoms in total. The highest BCUT2D eigenvalue weighted by Crippen LogP contribution is 2.37. The van der Waals surface area contributed by atoms with E-state index >= 15 is 0 Å². The minimum absolute atomic E-state index is 0.155. The number of phenols is 1. The van der Waals surface area contributed by atoms with Crippen LogP contribution in [0, 0.1) is 0 Å². The first-order valence-corrected chi connectivity index (χ1v) is 10.1. The van der Waals surface area contributed by atoms with Crippen molar-refractivity contribution in [1.29, 1.82) is 0 Å². The Morgan fingerprint density at radius 2 is 1.93 bits per heavy atom. The minimum Gasteiger partial charge on any atom is -0.507 e. The summed E-state index contributed by atoms with van der Waals surface area (Å²) in [6.07, 6.45) is 4.86. The van der Waals surface area contributed by atoms with Crippen LogP contribution in [0.15, 0.2) is 24.4 Å². The van der Waals surface area contributed by atoms with E-state index in [0.29, 0.717) is 47.3 Å². The molecule has 1 aromatic carbocycles. The largest absolute Gasteiger partial charge is 0.507 e. The predicted molar refractivity (Wildman–Crippen MR) is 118 cm³/mol. The molecule has 0 amide bonds. The van der Waals surface area contributed by atoms with Gasteiger partial charge in [-0.1, -0.05) is 6.07 Å². The molecule has 0 bridgehead atoms. The number of ketones is 2. The molecular weight excluding hydrogens is 380 g/mol. The molecule has 0 unspecified atom stereocenters. The summed E-state index contributed by atoms with van der Waals surface area (Å²) >= 11 is 0. The van der Waals surface area contributed by atoms with Crippen LogP contribution < -0.4 is 5.32 Å². The SMILES string of the molecule is CNCCc1c(C2=Cc3[nH]cc(CCN(C)C)c3C(=O)C2=O)[nH]c2cccc(O)c12. The molecule has 4 rings (SSSR count). The van der Waals surface area contributed by atoms with Crippen LogP contribution in [0.25, 0.3) is 22.6 Å². The quantitative estimate of drug-likeness (QED) is 0.451. The number of hydrogen-bond acceptors (Lipinski definition) is 5. The predicted octanol–water partition coefficient (Wildman–Crippen LogP) is 2.37. The van der Waals surface area contributed by atoms with Gasteiger partial charge in [0.2, 0.25) is 11.6 Å². The monoisotopic (exact) mass is 406 g/mol. The molecule has 0 atom stereocenters. The summed E-state index contributed by atoms with van der Waals surface area (Å²) in [5.74, 6) is -0.854. The standard InChI is InChI=1S/C23H26N4O3/c1-24-9-7-14-20-16(5-4-6-18(20)28)26-21(14)15-11-17-19(23(30)22(15)29)13(12-25-17)8-10-27(2)3/h4-6,11-12,24-26,28H,7-10H2,1-3H3. The third-order valence-electron chi connectivity index (χ3n) is 5.59. The highest BCUT2D eigenvalue weighted by Gasteiger charge is 2.33. The normalized spacial score (nSPS) is 13.9. The Labute approximate surface area is 174 Å². The summed E-state index contributed by atoms with van der Waals surface area (Å²) < 4.78 is 0. The van der Waals surface area contributed by atoms with Gasteiger partial charge in [-0.25, -0.2) is 0 Å². The van der Waals surface area contributed by atoms with Gasteiger partial charge in [0.1, 0.15) is 5.75 Å². The Morgan fingerprint density at radius 3 is 2.67 bits per heavy atom. The number of hydrogen-bond donors (Lipinski definition) is 4. The molecule has 0 saturated carbocycles. The zero-order chi connectivity index (χ0) is 21.4. The number of nitrogens with zero attached hydrogens (tertiary/aromatic N) is 1. The molecule has 2 aromatic heterocycles. The van der Waals surface area contributed by atoms with E-state index in [1.165, 1.54) is 0 Å². The van der Waals surface area contributed by atoms with E-state index in [1.807, 2.05) is 38.3 Å². The Morgan fingerprint density at radius 1 is 1.13 bits per heavy atom. The molecule has 0 fully saturated rings. The number of likely N-dealkylation sites (N-methyl/N-ethyl adjacent to an activating group) is 2. The number of nitrogens with one attached hydrogen (secondary N) is 3. The molecule has 1 aliphatic rings. The topological polar surface area (TPSA) is 101 Å². The van der Waals surface area contributed by atoms with Gasteiger partial charge in [0.15, 0.2) is 0 Å². The van der Waals surface area contributed by atoms with Crippen molar-refractivity contribution < 1.29 is 14.7 Å². The number of aromatic hydroxyl groups is 1. The molecular formula is C23H26N4O3. The number of aromatic nitrogens is 2. The third-order valence-corrected chi connectivity index (χ3v) is 5.59. The van der Waals surface area contributed by atoms with Crippen molar-refractivity contribution in [3.05, 3.63) is 52.5 Å². The highest BCUT2D eigenvalue weighted by atomic mass is 16.3. The fourth-order valence-corrected chi connectivity index (χ4v) is 4.06. The average molecular weight is 406 g/mol. The highest BCUT2D eigenvalue weighted by molar-refractivity contribution is 6.61. The lowest BCUT2D eigenvalue weighted by atomic mass is 9.88. The van der Waals surface area contributed by atoms with Crippen LogP contribution in [0.1, 0.15) is 32.9 Å². The fraction of sp³-hybridized carbons (Fsp3) is 0.304. The van der Waals surface area contributed by atoms with Gasteiger partial charge in [0, 0.05) is 23.6 Å². The van der Waals surface area contributed by atoms with Crippen LogP contribution in [-0.2, 0) is 17.6 Å². The number of phenolic OH excluding ortho intramolecular Hbond substituents is 1. The first-order chi connectivity index (χ1) is 14.4. The van der Waals surface area contributed by atoms with Crippen LogP contribution >= 0.6 is 0 Å². The van der Waals surface area contributed by atoms with E-state index in [1.54, 1.807) is 18.2 Å². The summed E-state index contributed by atoms with van der Waals surface area (Å²) in [5.41, 5.74) is 4.48. The molecule has 0 spiro atoms. The number of carbonyl (C=O) groups excluding carboxylic acids is 2. The Balaban J connectivity index is 1.84. The van der Waals surface area contributed by atoms with E-state index < -0.39 is 11.6 Å². The lowest BCUT2D eigenvalue weighted by molar-refractivity contribution is -0.110. The van der Waals surface area contributed by atoms with Crippen LogP contribution in [0.2, 0.25) is 0 Å². The molecule has 7 heteroatoms. The molecule has 2 heterocycles. The van der Waals surface area contributed by atoms with Gasteiger partial charge in [0.25, 0.3) is 0 Å². The third kappa shape index (κ3) is 3.36. The summed E-state index contributed by atoms with van der Waals surface area (Å²) in [6.45, 7) is 1.46. The summed E-state index contributed by atoms with van der Waals surface area (Å²) in [7, 11) is 5.80. The van der Waals surface area contributed by atoms with Crippen molar-refractivity contribution in [2.75, 3.05) is 34.2 Å². The van der Waals surface area contributed by atoms with Gasteiger partial charge in [-0.3, -0.25) is 9.59 Å². The Bertz CT molecular complexity index is 1170. The molecule has 30 heavy (non-hydrogen) atoms. The Hall–Kier alpha value is -3.16. The van der Waals surface area contributed by atoms with E-state index in [4.69, 9.17) is 0 Å². The lowest BCUT2D eigenvalue weighted by Gasteiger charge is -2.15. The second kappa shape index (κ2) is 7.93. The first kappa shape index (κ1) is 20.1. The molecule has 3 aromatic rings. The molecule has 1 aliphatic carbocycles. The molecule has 0 radical (unpaired) electrons. The second-order valence-electron chi connectivity index (χ2n) is 7.90. The molecule has 156 valence electrons. The summed E-state index contributed by atoms with van der Waals surface area (Å²) in [4.78, 5) is 34.6. The van der Waals surface area contributed by atoms with Gasteiger partial charge in [-0.15, -0.1) is 0 Å². The van der Waals surface area contributed by atoms with Gasteiger partial charge in [0.05, 0.1) is 22.5 Å². The maximum atomic E-state index is 13.1. The van der Waals surface area contributed by atoms with Crippen molar-refractivity contribution in [2.24, 2.45) is 0 Å². The summed E-state index contributed by atoms with van der Waals surface area (Å²) in [6, 6.07) is 5.24. The van der Waals surface area contributed by atoms with Crippen molar-refractivity contribution >= 4 is 34.1 Å². The van der Waals surface area contributed by atoms with Gasteiger partial charge < -0.3 is 25.3 Å². The first-order valence-electron chi connectivity index (χ1n) is 10.1. The number of Topliss-reactive ketones (excluding diaryl/α,β-unsaturated/α-hetero) is 2. The number of fused-ring (bicyclic) bond motifs is 2. The number of carbonyl (C=O) groups is 2. The van der Waals surface area contributed by atoms with Crippen molar-refractivity contribution in [3.63, 3.8) is 0 Å². The number of allylic oxidation sites excluding steroid dienone is 1. The minimum atomic E-state index is -0.523. The Kier molecular flexibility index (Phi) is 5.32. The second-order valence-corrected chi connectivity index (χ2v) is 7.90. The molecule has 0 aliphatic heterocycles. The van der Waals surface area contributed by atoms with Gasteiger partial charge in [-0.05, 0) is 69.9 Å². The number of H-pyrrole nitrogens is 2. The lowest BCUT2D eigenvalue weighted by Crippen LogP contribution is -2.23. The smallest absolute Gasteiger partial charge is 0.236 e. The molecule has 4 N–H and O–H groups in total. The number of aromatic amines is 2. The fourth-order valence-electron chi connectivity index (χ4n) is 4.06. The van der Waals surface area contributed by atoms with Crippen LogP contribution in [-0.4, -0.2) is 65.8 Å². The van der Waals surface area contributed by atoms with Crippen LogP contribution in [0.3, 0.4) is 0 Å². The van der Waals surface area contributed by atoms with E-state index in [-0.39, 0.29) is 5.75 Å². The van der Waals surface area contributed by atoms with Crippen molar-refractivity contribution in [3.8, 4) is 5.75 Å². The van der Waals surface area contributed by atoms with Gasteiger partial charge in [-0.2, -0.15) is 0 Å². The van der Waals surface area contributed by atoms with Crippen LogP contribution in [0.4, 0.5) is 0 Å². The number of rotatable bonds is 7.